The Morgan fingerprint density at radius 1 is 1.25 bits per heavy atom. The zero-order valence-corrected chi connectivity index (χ0v) is 15.5. The van der Waals surface area contributed by atoms with Gasteiger partial charge in [-0.05, 0) is 54.7 Å². The number of nitrogens with zero attached hydrogens (tertiary/aromatic N) is 1. The molecule has 0 radical (unpaired) electrons. The highest BCUT2D eigenvalue weighted by Gasteiger charge is 2.24. The summed E-state index contributed by atoms with van der Waals surface area (Å²) in [7, 11) is -2.33. The lowest BCUT2D eigenvalue weighted by molar-refractivity contribution is -0.116. The summed E-state index contributed by atoms with van der Waals surface area (Å²) in [5.41, 5.74) is 3.27. The Kier molecular flexibility index (Phi) is 4.96. The molecule has 8 heteroatoms. The Morgan fingerprint density at radius 2 is 2.00 bits per heavy atom. The maximum absolute atomic E-state index is 12.4. The molecule has 24 heavy (non-hydrogen) atoms. The summed E-state index contributed by atoms with van der Waals surface area (Å²) in [5.74, 6) is -0.373. The molecule has 128 valence electrons. The van der Waals surface area contributed by atoms with Crippen molar-refractivity contribution in [2.45, 2.75) is 23.5 Å². The lowest BCUT2D eigenvalue weighted by Crippen LogP contribution is -2.34. The number of hydrogen-bond acceptors (Lipinski definition) is 4. The van der Waals surface area contributed by atoms with Crippen molar-refractivity contribution in [3.8, 4) is 0 Å². The summed E-state index contributed by atoms with van der Waals surface area (Å²) < 4.78 is 26.3. The third kappa shape index (κ3) is 3.64. The molecule has 3 rings (SSSR count). The second kappa shape index (κ2) is 6.84. The smallest absolute Gasteiger partial charge is 0.252 e. The molecule has 1 aromatic carbocycles. The molecule has 0 aliphatic heterocycles. The van der Waals surface area contributed by atoms with Crippen LogP contribution < -0.4 is 5.32 Å². The lowest BCUT2D eigenvalue weighted by atomic mass is 10.1. The third-order valence-electron chi connectivity index (χ3n) is 3.96. The van der Waals surface area contributed by atoms with E-state index in [1.54, 1.807) is 0 Å². The summed E-state index contributed by atoms with van der Waals surface area (Å²) in [6.07, 6.45) is 3.23. The minimum atomic E-state index is -3.71. The van der Waals surface area contributed by atoms with Crippen LogP contribution in [0, 0.1) is 0 Å². The molecule has 0 spiro atoms. The molecule has 1 amide bonds. The van der Waals surface area contributed by atoms with Crippen LogP contribution in [-0.2, 0) is 27.7 Å². The Balaban J connectivity index is 1.66. The molecule has 0 bridgehead atoms. The number of likely N-dealkylation sites (N-methyl/N-ethyl adjacent to an activating group) is 1. The van der Waals surface area contributed by atoms with Gasteiger partial charge in [-0.1, -0.05) is 17.7 Å². The van der Waals surface area contributed by atoms with Crippen LogP contribution in [0.3, 0.4) is 0 Å². The first-order valence-corrected chi connectivity index (χ1v) is 10.1. The largest absolute Gasteiger partial charge is 0.325 e. The second-order valence-corrected chi connectivity index (χ2v) is 9.69. The fourth-order valence-corrected chi connectivity index (χ4v) is 5.55. The first-order valence-electron chi connectivity index (χ1n) is 7.49. The zero-order valence-electron chi connectivity index (χ0n) is 13.1. The van der Waals surface area contributed by atoms with Gasteiger partial charge in [0.2, 0.25) is 5.91 Å². The molecule has 1 heterocycles. The minimum Gasteiger partial charge on any atom is -0.325 e. The van der Waals surface area contributed by atoms with E-state index in [9.17, 15) is 13.2 Å². The standard InChI is InChI=1S/C16H17ClN2O3S2/c1-19(24(21,22)16-8-7-14(17)23-16)10-15(20)18-13-6-5-11-3-2-4-12(11)9-13/h5-9H,2-4,10H2,1H3,(H,18,20). The van der Waals surface area contributed by atoms with Crippen LogP contribution in [0.1, 0.15) is 17.5 Å². The molecule has 0 saturated carbocycles. The number of carbonyl (C=O) groups is 1. The highest BCUT2D eigenvalue weighted by atomic mass is 35.5. The van der Waals surface area contributed by atoms with Crippen molar-refractivity contribution in [2.75, 3.05) is 18.9 Å². The van der Waals surface area contributed by atoms with E-state index in [1.807, 2.05) is 18.2 Å². The monoisotopic (exact) mass is 384 g/mol. The molecule has 1 aliphatic carbocycles. The van der Waals surface area contributed by atoms with Gasteiger partial charge in [0.05, 0.1) is 10.9 Å². The molecular formula is C16H17ClN2O3S2. The van der Waals surface area contributed by atoms with E-state index in [-0.39, 0.29) is 16.7 Å². The van der Waals surface area contributed by atoms with E-state index in [0.29, 0.717) is 10.0 Å². The van der Waals surface area contributed by atoms with Crippen LogP contribution in [0.5, 0.6) is 0 Å². The highest BCUT2D eigenvalue weighted by Crippen LogP contribution is 2.28. The number of aryl methyl sites for hydroxylation is 2. The van der Waals surface area contributed by atoms with Crippen LogP contribution in [-0.4, -0.2) is 32.2 Å². The summed E-state index contributed by atoms with van der Waals surface area (Å²) >= 11 is 6.76. The molecule has 0 atom stereocenters. The molecule has 1 N–H and O–H groups in total. The van der Waals surface area contributed by atoms with E-state index in [4.69, 9.17) is 11.6 Å². The Bertz CT molecular complexity index is 877. The van der Waals surface area contributed by atoms with Gasteiger partial charge in [0.1, 0.15) is 4.21 Å². The summed E-state index contributed by atoms with van der Waals surface area (Å²) in [6, 6.07) is 8.81. The molecular weight excluding hydrogens is 368 g/mol. The van der Waals surface area contributed by atoms with Crippen molar-refractivity contribution < 1.29 is 13.2 Å². The van der Waals surface area contributed by atoms with Crippen LogP contribution >= 0.6 is 22.9 Å². The van der Waals surface area contributed by atoms with Gasteiger partial charge in [-0.2, -0.15) is 4.31 Å². The van der Waals surface area contributed by atoms with E-state index >= 15 is 0 Å². The predicted octanol–water partition coefficient (Wildman–Crippen LogP) is 3.15. The molecule has 1 aliphatic rings. The van der Waals surface area contributed by atoms with Crippen molar-refractivity contribution in [2.24, 2.45) is 0 Å². The molecule has 0 fully saturated rings. The summed E-state index contributed by atoms with van der Waals surface area (Å²) in [6.45, 7) is -0.255. The summed E-state index contributed by atoms with van der Waals surface area (Å²) in [5, 5.41) is 2.76. The van der Waals surface area contributed by atoms with Gasteiger partial charge in [-0.15, -0.1) is 11.3 Å². The number of halogens is 1. The van der Waals surface area contributed by atoms with Crippen molar-refractivity contribution in [3.63, 3.8) is 0 Å². The molecule has 0 saturated heterocycles. The topological polar surface area (TPSA) is 66.5 Å². The Hall–Kier alpha value is -1.41. The number of sulfonamides is 1. The van der Waals surface area contributed by atoms with E-state index in [1.165, 1.54) is 30.3 Å². The number of amides is 1. The van der Waals surface area contributed by atoms with Crippen LogP contribution in [0.4, 0.5) is 5.69 Å². The first kappa shape index (κ1) is 17.4. The van der Waals surface area contributed by atoms with Gasteiger partial charge in [0.25, 0.3) is 10.0 Å². The van der Waals surface area contributed by atoms with Gasteiger partial charge in [-0.25, -0.2) is 8.42 Å². The van der Waals surface area contributed by atoms with Crippen molar-refractivity contribution in [1.82, 2.24) is 4.31 Å². The van der Waals surface area contributed by atoms with Crippen LogP contribution in [0.15, 0.2) is 34.5 Å². The maximum atomic E-state index is 12.4. The van der Waals surface area contributed by atoms with E-state index < -0.39 is 10.0 Å². The predicted molar refractivity (Wildman–Crippen MR) is 96.2 cm³/mol. The Morgan fingerprint density at radius 3 is 2.71 bits per heavy atom. The molecule has 5 nitrogen and oxygen atoms in total. The normalized spacial score (nSPS) is 14.0. The number of rotatable bonds is 5. The number of thiophene rings is 1. The van der Waals surface area contributed by atoms with Gasteiger partial charge in [-0.3, -0.25) is 4.79 Å². The number of benzene rings is 1. The summed E-state index contributed by atoms with van der Waals surface area (Å²) in [4.78, 5) is 12.2. The third-order valence-corrected chi connectivity index (χ3v) is 7.46. The zero-order chi connectivity index (χ0) is 17.3. The highest BCUT2D eigenvalue weighted by molar-refractivity contribution is 7.91. The van der Waals surface area contributed by atoms with Crippen LogP contribution in [0.2, 0.25) is 4.34 Å². The quantitative estimate of drug-likeness (QED) is 0.861. The number of fused-ring (bicyclic) bond motifs is 1. The number of nitrogens with one attached hydrogen (secondary N) is 1. The van der Waals surface area contributed by atoms with Gasteiger partial charge >= 0.3 is 0 Å². The van der Waals surface area contributed by atoms with E-state index in [0.717, 1.165) is 34.9 Å². The SMILES string of the molecule is CN(CC(=O)Nc1ccc2c(c1)CCC2)S(=O)(=O)c1ccc(Cl)s1. The molecule has 2 aromatic rings. The number of anilines is 1. The lowest BCUT2D eigenvalue weighted by Gasteiger charge is -2.16. The van der Waals surface area contributed by atoms with Crippen molar-refractivity contribution in [1.29, 1.82) is 0 Å². The molecule has 0 unspecified atom stereocenters. The molecule has 1 aromatic heterocycles. The van der Waals surface area contributed by atoms with Crippen molar-refractivity contribution >= 4 is 44.6 Å². The van der Waals surface area contributed by atoms with Crippen molar-refractivity contribution in [3.05, 3.63) is 45.8 Å². The first-order chi connectivity index (χ1) is 11.4. The fourth-order valence-electron chi connectivity index (χ4n) is 2.73. The van der Waals surface area contributed by atoms with E-state index in [2.05, 4.69) is 5.32 Å². The van der Waals surface area contributed by atoms with Gasteiger partial charge in [0.15, 0.2) is 0 Å². The average molecular weight is 385 g/mol. The van der Waals surface area contributed by atoms with Gasteiger partial charge in [0, 0.05) is 12.7 Å². The fraction of sp³-hybridized carbons (Fsp3) is 0.312. The Labute approximate surface area is 150 Å². The average Bonchev–Trinajstić information content (AvgIpc) is 3.15. The number of carbonyl (C=O) groups excluding carboxylic acids is 1. The number of hydrogen-bond donors (Lipinski definition) is 1. The second-order valence-electron chi connectivity index (χ2n) is 5.70. The van der Waals surface area contributed by atoms with Crippen LogP contribution in [0.25, 0.3) is 0 Å². The van der Waals surface area contributed by atoms with Gasteiger partial charge < -0.3 is 5.32 Å². The maximum Gasteiger partial charge on any atom is 0.252 e. The minimum absolute atomic E-state index is 0.125.